The van der Waals surface area contributed by atoms with E-state index in [1.54, 1.807) is 0 Å². The zero-order valence-corrected chi connectivity index (χ0v) is 10.9. The molecule has 0 saturated carbocycles. The maximum Gasteiger partial charge on any atom is 0.416 e. The Kier molecular flexibility index (Phi) is 4.11. The van der Waals surface area contributed by atoms with Crippen LogP contribution in [0.4, 0.5) is 13.2 Å². The minimum absolute atomic E-state index is 0.120. The van der Waals surface area contributed by atoms with Crippen LogP contribution in [0.1, 0.15) is 16.1 Å². The van der Waals surface area contributed by atoms with Crippen molar-refractivity contribution in [2.75, 3.05) is 6.54 Å². The first kappa shape index (κ1) is 14.8. The van der Waals surface area contributed by atoms with Crippen molar-refractivity contribution in [2.24, 2.45) is 0 Å². The average Bonchev–Trinajstić information content (AvgIpc) is 2.94. The highest BCUT2D eigenvalue weighted by molar-refractivity contribution is 5.92. The summed E-state index contributed by atoms with van der Waals surface area (Å²) in [6.07, 6.45) is -0.241. The lowest BCUT2D eigenvalue weighted by molar-refractivity contribution is -0.137. The molecule has 1 amide bonds. The summed E-state index contributed by atoms with van der Waals surface area (Å²) in [7, 11) is 0. The van der Waals surface area contributed by atoms with Crippen LogP contribution in [0.5, 0.6) is 0 Å². The molecule has 0 bridgehead atoms. The zero-order chi connectivity index (χ0) is 15.5. The molecular formula is C14H12F3N3O. The molecule has 0 radical (unpaired) electrons. The molecular weight excluding hydrogens is 283 g/mol. The SMILES string of the molecule is C=CCNC(=O)c1cn(-c2cccc(C(F)(F)F)c2)cn1. The first-order valence-electron chi connectivity index (χ1n) is 6.02. The Hall–Kier alpha value is -2.57. The predicted octanol–water partition coefficient (Wildman–Crippen LogP) is 2.81. The van der Waals surface area contributed by atoms with Crippen LogP contribution in [0.2, 0.25) is 0 Å². The van der Waals surface area contributed by atoms with Crippen LogP contribution in [0.15, 0.2) is 49.4 Å². The number of rotatable bonds is 4. The van der Waals surface area contributed by atoms with Gasteiger partial charge in [0.2, 0.25) is 0 Å². The van der Waals surface area contributed by atoms with Gasteiger partial charge in [-0.1, -0.05) is 12.1 Å². The maximum absolute atomic E-state index is 12.7. The molecule has 1 aromatic carbocycles. The molecule has 110 valence electrons. The predicted molar refractivity (Wildman–Crippen MR) is 71.1 cm³/mol. The molecule has 0 unspecified atom stereocenters. The summed E-state index contributed by atoms with van der Waals surface area (Å²) in [4.78, 5) is 15.5. The second-order valence-electron chi connectivity index (χ2n) is 4.21. The average molecular weight is 295 g/mol. The van der Waals surface area contributed by atoms with Gasteiger partial charge in [-0.3, -0.25) is 4.79 Å². The van der Waals surface area contributed by atoms with E-state index in [0.29, 0.717) is 0 Å². The van der Waals surface area contributed by atoms with Crippen LogP contribution >= 0.6 is 0 Å². The zero-order valence-electron chi connectivity index (χ0n) is 10.9. The van der Waals surface area contributed by atoms with E-state index in [1.807, 2.05) is 0 Å². The number of nitrogens with one attached hydrogen (secondary N) is 1. The Morgan fingerprint density at radius 2 is 2.19 bits per heavy atom. The molecule has 0 aliphatic rings. The van der Waals surface area contributed by atoms with E-state index in [0.717, 1.165) is 12.1 Å². The maximum atomic E-state index is 12.7. The molecule has 0 aliphatic heterocycles. The van der Waals surface area contributed by atoms with Gasteiger partial charge in [0.15, 0.2) is 0 Å². The summed E-state index contributed by atoms with van der Waals surface area (Å²) in [6, 6.07) is 4.78. The molecule has 1 N–H and O–H groups in total. The number of nitrogens with zero attached hydrogens (tertiary/aromatic N) is 2. The number of halogens is 3. The first-order chi connectivity index (χ1) is 9.91. The number of carbonyl (C=O) groups excluding carboxylic acids is 1. The summed E-state index contributed by atoms with van der Waals surface area (Å²) in [6.45, 7) is 3.75. The van der Waals surface area contributed by atoms with Gasteiger partial charge in [-0.25, -0.2) is 4.98 Å². The Morgan fingerprint density at radius 3 is 2.86 bits per heavy atom. The van der Waals surface area contributed by atoms with E-state index in [-0.39, 0.29) is 17.9 Å². The fourth-order valence-electron chi connectivity index (χ4n) is 1.68. The topological polar surface area (TPSA) is 46.9 Å². The highest BCUT2D eigenvalue weighted by Gasteiger charge is 2.30. The van der Waals surface area contributed by atoms with Crippen LogP contribution in [-0.4, -0.2) is 22.0 Å². The summed E-state index contributed by atoms with van der Waals surface area (Å²) in [5.74, 6) is -0.416. The molecule has 0 aliphatic carbocycles. The van der Waals surface area contributed by atoms with Crippen molar-refractivity contribution in [2.45, 2.75) is 6.18 Å². The number of hydrogen-bond donors (Lipinski definition) is 1. The van der Waals surface area contributed by atoms with Gasteiger partial charge < -0.3 is 9.88 Å². The van der Waals surface area contributed by atoms with Gasteiger partial charge in [0.25, 0.3) is 5.91 Å². The molecule has 0 fully saturated rings. The summed E-state index contributed by atoms with van der Waals surface area (Å²) < 4.78 is 39.3. The Morgan fingerprint density at radius 1 is 1.43 bits per heavy atom. The van der Waals surface area contributed by atoms with Crippen molar-refractivity contribution in [3.8, 4) is 5.69 Å². The molecule has 0 atom stereocenters. The monoisotopic (exact) mass is 295 g/mol. The van der Waals surface area contributed by atoms with Crippen LogP contribution in [0, 0.1) is 0 Å². The van der Waals surface area contributed by atoms with Crippen molar-refractivity contribution in [1.82, 2.24) is 14.9 Å². The van der Waals surface area contributed by atoms with Gasteiger partial charge in [0.1, 0.15) is 12.0 Å². The van der Waals surface area contributed by atoms with Crippen molar-refractivity contribution in [1.29, 1.82) is 0 Å². The lowest BCUT2D eigenvalue weighted by Gasteiger charge is -2.08. The van der Waals surface area contributed by atoms with E-state index in [1.165, 1.54) is 35.3 Å². The second kappa shape index (κ2) is 5.82. The van der Waals surface area contributed by atoms with Gasteiger partial charge in [-0.2, -0.15) is 13.2 Å². The molecule has 21 heavy (non-hydrogen) atoms. The van der Waals surface area contributed by atoms with Gasteiger partial charge in [0.05, 0.1) is 5.56 Å². The summed E-state index contributed by atoms with van der Waals surface area (Å²) in [5, 5.41) is 2.54. The standard InChI is InChI=1S/C14H12F3N3O/c1-2-6-18-13(21)12-8-20(9-19-12)11-5-3-4-10(7-11)14(15,16)17/h2-5,7-9H,1,6H2,(H,18,21). The molecule has 4 nitrogen and oxygen atoms in total. The number of hydrogen-bond acceptors (Lipinski definition) is 2. The third kappa shape index (κ3) is 3.50. The largest absolute Gasteiger partial charge is 0.416 e. The number of imidazole rings is 1. The number of carbonyl (C=O) groups is 1. The normalized spacial score (nSPS) is 11.2. The molecule has 2 rings (SSSR count). The van der Waals surface area contributed by atoms with E-state index in [4.69, 9.17) is 0 Å². The Balaban J connectivity index is 2.25. The third-order valence-corrected chi connectivity index (χ3v) is 2.69. The fourth-order valence-corrected chi connectivity index (χ4v) is 1.68. The molecule has 2 aromatic rings. The van der Waals surface area contributed by atoms with Crippen molar-refractivity contribution < 1.29 is 18.0 Å². The van der Waals surface area contributed by atoms with E-state index in [2.05, 4.69) is 16.9 Å². The highest BCUT2D eigenvalue weighted by atomic mass is 19.4. The number of benzene rings is 1. The highest BCUT2D eigenvalue weighted by Crippen LogP contribution is 2.30. The number of aromatic nitrogens is 2. The van der Waals surface area contributed by atoms with Crippen LogP contribution in [-0.2, 0) is 6.18 Å². The first-order valence-corrected chi connectivity index (χ1v) is 6.02. The lowest BCUT2D eigenvalue weighted by Crippen LogP contribution is -2.23. The van der Waals surface area contributed by atoms with Gasteiger partial charge in [-0.05, 0) is 18.2 Å². The van der Waals surface area contributed by atoms with Crippen molar-refractivity contribution >= 4 is 5.91 Å². The molecule has 0 saturated heterocycles. The quantitative estimate of drug-likeness (QED) is 0.882. The third-order valence-electron chi connectivity index (χ3n) is 2.69. The molecule has 7 heteroatoms. The number of amides is 1. The fraction of sp³-hybridized carbons (Fsp3) is 0.143. The lowest BCUT2D eigenvalue weighted by atomic mass is 10.2. The Bertz CT molecular complexity index is 661. The minimum Gasteiger partial charge on any atom is -0.347 e. The van der Waals surface area contributed by atoms with E-state index < -0.39 is 17.6 Å². The second-order valence-corrected chi connectivity index (χ2v) is 4.21. The van der Waals surface area contributed by atoms with Crippen LogP contribution < -0.4 is 5.32 Å². The van der Waals surface area contributed by atoms with Gasteiger partial charge >= 0.3 is 6.18 Å². The Labute approximate surface area is 118 Å². The van der Waals surface area contributed by atoms with Crippen LogP contribution in [0.25, 0.3) is 5.69 Å². The smallest absolute Gasteiger partial charge is 0.347 e. The van der Waals surface area contributed by atoms with Crippen molar-refractivity contribution in [3.63, 3.8) is 0 Å². The summed E-state index contributed by atoms with van der Waals surface area (Å²) in [5.41, 5.74) is -0.360. The molecule has 0 spiro atoms. The van der Waals surface area contributed by atoms with Gasteiger partial charge in [-0.15, -0.1) is 6.58 Å². The summed E-state index contributed by atoms with van der Waals surface area (Å²) >= 11 is 0. The van der Waals surface area contributed by atoms with Crippen LogP contribution in [0.3, 0.4) is 0 Å². The van der Waals surface area contributed by atoms with Gasteiger partial charge in [0, 0.05) is 18.4 Å². The van der Waals surface area contributed by atoms with E-state index >= 15 is 0 Å². The van der Waals surface area contributed by atoms with Crippen molar-refractivity contribution in [3.05, 3.63) is 60.7 Å². The number of alkyl halides is 3. The van der Waals surface area contributed by atoms with E-state index in [9.17, 15) is 18.0 Å². The molecule has 1 heterocycles. The molecule has 1 aromatic heterocycles. The minimum atomic E-state index is -4.42.